The first-order chi connectivity index (χ1) is 9.40. The van der Waals surface area contributed by atoms with Gasteiger partial charge in [0.05, 0.1) is 6.10 Å². The number of nitrogens with zero attached hydrogens (tertiary/aromatic N) is 1. The average Bonchev–Trinajstić information content (AvgIpc) is 2.76. The lowest BCUT2D eigenvalue weighted by Gasteiger charge is -2.36. The first-order valence-electron chi connectivity index (χ1n) is 7.52. The largest absolute Gasteiger partial charge is 0.480 e. The van der Waals surface area contributed by atoms with E-state index >= 15 is 0 Å². The minimum atomic E-state index is -0.934. The molecule has 0 aromatic carbocycles. The first-order valence-corrected chi connectivity index (χ1v) is 7.52. The van der Waals surface area contributed by atoms with E-state index in [1.807, 2.05) is 4.90 Å². The molecule has 5 nitrogen and oxygen atoms in total. The number of hydrogen-bond donors (Lipinski definition) is 1. The molecular formula is C15H25NO4. The maximum atomic E-state index is 12.6. The van der Waals surface area contributed by atoms with Gasteiger partial charge in [-0.05, 0) is 31.1 Å². The number of rotatable bonds is 4. The zero-order valence-electron chi connectivity index (χ0n) is 12.4. The van der Waals surface area contributed by atoms with E-state index in [4.69, 9.17) is 9.84 Å². The van der Waals surface area contributed by atoms with Gasteiger partial charge in [-0.1, -0.05) is 20.3 Å². The standard InChI is InChI=1S/C15H25NO4/c1-15(2)7-3-4-12(15)14(19)16-8-5-11(6-9-16)20-10-13(17)18/h11-12H,3-10H2,1-2H3,(H,17,18). The van der Waals surface area contributed by atoms with Gasteiger partial charge in [0.1, 0.15) is 6.61 Å². The predicted octanol–water partition coefficient (Wildman–Crippen LogP) is 1.90. The Hall–Kier alpha value is -1.10. The molecule has 0 bridgehead atoms. The summed E-state index contributed by atoms with van der Waals surface area (Å²) in [5.74, 6) is -0.501. The monoisotopic (exact) mass is 283 g/mol. The van der Waals surface area contributed by atoms with Crippen LogP contribution in [0.3, 0.4) is 0 Å². The molecular weight excluding hydrogens is 258 g/mol. The van der Waals surface area contributed by atoms with E-state index in [0.717, 1.165) is 32.1 Å². The number of carbonyl (C=O) groups is 2. The van der Waals surface area contributed by atoms with Crippen molar-refractivity contribution in [1.82, 2.24) is 4.90 Å². The molecule has 0 aromatic rings. The molecule has 1 heterocycles. The van der Waals surface area contributed by atoms with Gasteiger partial charge in [-0.15, -0.1) is 0 Å². The fourth-order valence-electron chi connectivity index (χ4n) is 3.44. The van der Waals surface area contributed by atoms with Gasteiger partial charge < -0.3 is 14.7 Å². The number of aliphatic carboxylic acids is 1. The number of hydrogen-bond acceptors (Lipinski definition) is 3. The molecule has 2 rings (SSSR count). The summed E-state index contributed by atoms with van der Waals surface area (Å²) >= 11 is 0. The molecule has 0 aromatic heterocycles. The summed E-state index contributed by atoms with van der Waals surface area (Å²) in [5.41, 5.74) is 0.119. The van der Waals surface area contributed by atoms with Crippen LogP contribution < -0.4 is 0 Å². The highest BCUT2D eigenvalue weighted by atomic mass is 16.5. The van der Waals surface area contributed by atoms with Crippen LogP contribution in [-0.2, 0) is 14.3 Å². The maximum absolute atomic E-state index is 12.6. The Labute approximate surface area is 120 Å². The van der Waals surface area contributed by atoms with Crippen LogP contribution in [0.5, 0.6) is 0 Å². The predicted molar refractivity (Wildman–Crippen MR) is 74.3 cm³/mol. The molecule has 1 amide bonds. The summed E-state index contributed by atoms with van der Waals surface area (Å²) in [6.45, 7) is 5.51. The van der Waals surface area contributed by atoms with E-state index in [1.165, 1.54) is 0 Å². The fourth-order valence-corrected chi connectivity index (χ4v) is 3.44. The Bertz CT molecular complexity index is 372. The van der Waals surface area contributed by atoms with Crippen molar-refractivity contribution in [2.45, 2.75) is 52.1 Å². The quantitative estimate of drug-likeness (QED) is 0.855. The topological polar surface area (TPSA) is 66.8 Å². The van der Waals surface area contributed by atoms with Crippen LogP contribution in [0.1, 0.15) is 46.0 Å². The van der Waals surface area contributed by atoms with Crippen molar-refractivity contribution in [2.75, 3.05) is 19.7 Å². The molecule has 2 fully saturated rings. The number of carboxylic acids is 1. The van der Waals surface area contributed by atoms with Crippen LogP contribution in [0.25, 0.3) is 0 Å². The summed E-state index contributed by atoms with van der Waals surface area (Å²) < 4.78 is 5.30. The van der Waals surface area contributed by atoms with Crippen molar-refractivity contribution in [3.8, 4) is 0 Å². The Balaban J connectivity index is 1.81. The van der Waals surface area contributed by atoms with E-state index in [2.05, 4.69) is 13.8 Å². The first kappa shape index (κ1) is 15.3. The Morgan fingerprint density at radius 2 is 1.90 bits per heavy atom. The minimum absolute atomic E-state index is 0.0215. The smallest absolute Gasteiger partial charge is 0.329 e. The number of ether oxygens (including phenoxy) is 1. The SMILES string of the molecule is CC1(C)CCCC1C(=O)N1CCC(OCC(=O)O)CC1. The highest BCUT2D eigenvalue weighted by Gasteiger charge is 2.41. The van der Waals surface area contributed by atoms with Crippen molar-refractivity contribution >= 4 is 11.9 Å². The summed E-state index contributed by atoms with van der Waals surface area (Å²) in [4.78, 5) is 25.0. The van der Waals surface area contributed by atoms with Crippen LogP contribution in [-0.4, -0.2) is 47.7 Å². The molecule has 114 valence electrons. The van der Waals surface area contributed by atoms with Gasteiger partial charge in [-0.2, -0.15) is 0 Å². The molecule has 2 aliphatic rings. The number of carbonyl (C=O) groups excluding carboxylic acids is 1. The Kier molecular flexibility index (Phi) is 4.68. The second-order valence-corrected chi connectivity index (χ2v) is 6.66. The van der Waals surface area contributed by atoms with Crippen LogP contribution in [0, 0.1) is 11.3 Å². The lowest BCUT2D eigenvalue weighted by Crippen LogP contribution is -2.45. The van der Waals surface area contributed by atoms with Gasteiger partial charge in [0.15, 0.2) is 0 Å². The van der Waals surface area contributed by atoms with Crippen LogP contribution in [0.4, 0.5) is 0 Å². The second kappa shape index (κ2) is 6.12. The molecule has 1 N–H and O–H groups in total. The highest BCUT2D eigenvalue weighted by Crippen LogP contribution is 2.43. The average molecular weight is 283 g/mol. The molecule has 0 spiro atoms. The van der Waals surface area contributed by atoms with E-state index < -0.39 is 5.97 Å². The van der Waals surface area contributed by atoms with Crippen LogP contribution >= 0.6 is 0 Å². The van der Waals surface area contributed by atoms with Gasteiger partial charge in [-0.3, -0.25) is 4.79 Å². The van der Waals surface area contributed by atoms with Crippen molar-refractivity contribution in [2.24, 2.45) is 11.3 Å². The van der Waals surface area contributed by atoms with Crippen molar-refractivity contribution in [3.05, 3.63) is 0 Å². The number of likely N-dealkylation sites (tertiary alicyclic amines) is 1. The lowest BCUT2D eigenvalue weighted by molar-refractivity contribution is -0.148. The number of piperidine rings is 1. The number of amides is 1. The third-order valence-electron chi connectivity index (χ3n) is 4.75. The lowest BCUT2D eigenvalue weighted by atomic mass is 9.81. The molecule has 0 radical (unpaired) electrons. The maximum Gasteiger partial charge on any atom is 0.329 e. The van der Waals surface area contributed by atoms with E-state index in [0.29, 0.717) is 13.1 Å². The molecule has 1 aliphatic heterocycles. The summed E-state index contributed by atoms with van der Waals surface area (Å²) in [7, 11) is 0. The third-order valence-corrected chi connectivity index (χ3v) is 4.75. The number of carboxylic acid groups (broad SMARTS) is 1. The van der Waals surface area contributed by atoms with E-state index in [-0.39, 0.29) is 30.0 Å². The van der Waals surface area contributed by atoms with Gasteiger partial charge >= 0.3 is 5.97 Å². The van der Waals surface area contributed by atoms with Gasteiger partial charge in [0.2, 0.25) is 5.91 Å². The normalized spacial score (nSPS) is 26.7. The Morgan fingerprint density at radius 1 is 1.25 bits per heavy atom. The third kappa shape index (κ3) is 3.51. The molecule has 5 heteroatoms. The molecule has 1 saturated carbocycles. The van der Waals surface area contributed by atoms with E-state index in [1.54, 1.807) is 0 Å². The van der Waals surface area contributed by atoms with Crippen molar-refractivity contribution in [3.63, 3.8) is 0 Å². The molecule has 1 saturated heterocycles. The Morgan fingerprint density at radius 3 is 2.40 bits per heavy atom. The second-order valence-electron chi connectivity index (χ2n) is 6.66. The molecule has 20 heavy (non-hydrogen) atoms. The zero-order valence-corrected chi connectivity index (χ0v) is 12.4. The van der Waals surface area contributed by atoms with Crippen molar-refractivity contribution < 1.29 is 19.4 Å². The molecule has 1 unspecified atom stereocenters. The highest BCUT2D eigenvalue weighted by molar-refractivity contribution is 5.80. The van der Waals surface area contributed by atoms with Gasteiger partial charge in [-0.25, -0.2) is 4.79 Å². The van der Waals surface area contributed by atoms with Gasteiger partial charge in [0.25, 0.3) is 0 Å². The zero-order chi connectivity index (χ0) is 14.8. The summed E-state index contributed by atoms with van der Waals surface area (Å²) in [6.07, 6.45) is 4.73. The van der Waals surface area contributed by atoms with E-state index in [9.17, 15) is 9.59 Å². The molecule has 1 aliphatic carbocycles. The fraction of sp³-hybridized carbons (Fsp3) is 0.867. The molecule has 1 atom stereocenters. The summed E-state index contributed by atoms with van der Waals surface area (Å²) in [5, 5.41) is 8.60. The van der Waals surface area contributed by atoms with Crippen LogP contribution in [0.15, 0.2) is 0 Å². The minimum Gasteiger partial charge on any atom is -0.480 e. The van der Waals surface area contributed by atoms with Crippen LogP contribution in [0.2, 0.25) is 0 Å². The summed E-state index contributed by atoms with van der Waals surface area (Å²) in [6, 6.07) is 0. The van der Waals surface area contributed by atoms with Gasteiger partial charge in [0, 0.05) is 19.0 Å². The van der Waals surface area contributed by atoms with Crippen molar-refractivity contribution in [1.29, 1.82) is 0 Å².